The van der Waals surface area contributed by atoms with Crippen LogP contribution in [-0.4, -0.2) is 12.0 Å². The van der Waals surface area contributed by atoms with Crippen LogP contribution in [0, 0.1) is 11.8 Å². The SMILES string of the molecule is CNC(=S)C(C)CC(C)C. The van der Waals surface area contributed by atoms with Gasteiger partial charge in [0.2, 0.25) is 0 Å². The molecule has 0 rings (SSSR count). The summed E-state index contributed by atoms with van der Waals surface area (Å²) in [7, 11) is 1.89. The lowest BCUT2D eigenvalue weighted by Crippen LogP contribution is -2.24. The van der Waals surface area contributed by atoms with E-state index in [0.717, 1.165) is 10.9 Å². The predicted octanol–water partition coefficient (Wildman–Crippen LogP) is 2.22. The lowest BCUT2D eigenvalue weighted by atomic mass is 9.99. The molecule has 2 heteroatoms. The van der Waals surface area contributed by atoms with E-state index in [1.165, 1.54) is 6.42 Å². The minimum Gasteiger partial charge on any atom is -0.383 e. The Morgan fingerprint density at radius 3 is 2.20 bits per heavy atom. The molecule has 0 aliphatic heterocycles. The van der Waals surface area contributed by atoms with E-state index in [9.17, 15) is 0 Å². The third-order valence-electron chi connectivity index (χ3n) is 1.52. The van der Waals surface area contributed by atoms with Gasteiger partial charge in [-0.05, 0) is 12.3 Å². The van der Waals surface area contributed by atoms with Crippen molar-refractivity contribution in [3.8, 4) is 0 Å². The molecule has 0 aromatic carbocycles. The van der Waals surface area contributed by atoms with Crippen molar-refractivity contribution in [2.75, 3.05) is 7.05 Å². The van der Waals surface area contributed by atoms with Crippen molar-refractivity contribution in [1.82, 2.24) is 5.32 Å². The first-order valence-corrected chi connectivity index (χ1v) is 4.20. The molecule has 10 heavy (non-hydrogen) atoms. The van der Waals surface area contributed by atoms with E-state index in [1.54, 1.807) is 0 Å². The van der Waals surface area contributed by atoms with Crippen LogP contribution in [0.3, 0.4) is 0 Å². The highest BCUT2D eigenvalue weighted by Crippen LogP contribution is 2.11. The molecular formula is C8H17NS. The Labute approximate surface area is 69.2 Å². The Kier molecular flexibility index (Phi) is 4.62. The van der Waals surface area contributed by atoms with Gasteiger partial charge in [0.15, 0.2) is 0 Å². The maximum Gasteiger partial charge on any atom is 0.0779 e. The molecule has 0 radical (unpaired) electrons. The fourth-order valence-electron chi connectivity index (χ4n) is 1.06. The second kappa shape index (κ2) is 4.67. The van der Waals surface area contributed by atoms with Gasteiger partial charge in [-0.25, -0.2) is 0 Å². The molecule has 0 spiro atoms. The normalized spacial score (nSPS) is 13.3. The Bertz CT molecular complexity index is 110. The van der Waals surface area contributed by atoms with E-state index in [2.05, 4.69) is 26.1 Å². The van der Waals surface area contributed by atoms with E-state index < -0.39 is 0 Å². The minimum absolute atomic E-state index is 0.528. The fraction of sp³-hybridized carbons (Fsp3) is 0.875. The van der Waals surface area contributed by atoms with Crippen LogP contribution in [-0.2, 0) is 0 Å². The monoisotopic (exact) mass is 159 g/mol. The lowest BCUT2D eigenvalue weighted by Gasteiger charge is -2.14. The molecule has 60 valence electrons. The Morgan fingerprint density at radius 2 is 1.90 bits per heavy atom. The van der Waals surface area contributed by atoms with E-state index >= 15 is 0 Å². The van der Waals surface area contributed by atoms with Crippen molar-refractivity contribution >= 4 is 17.2 Å². The first-order chi connectivity index (χ1) is 4.57. The molecule has 0 aliphatic carbocycles. The average Bonchev–Trinajstić information content (AvgIpc) is 1.85. The van der Waals surface area contributed by atoms with Gasteiger partial charge in [0.05, 0.1) is 4.99 Å². The number of rotatable bonds is 3. The topological polar surface area (TPSA) is 12.0 Å². The van der Waals surface area contributed by atoms with Crippen LogP contribution in [0.2, 0.25) is 0 Å². The van der Waals surface area contributed by atoms with Crippen LogP contribution in [0.15, 0.2) is 0 Å². The highest BCUT2D eigenvalue weighted by atomic mass is 32.1. The van der Waals surface area contributed by atoms with Crippen LogP contribution in [0.4, 0.5) is 0 Å². The van der Waals surface area contributed by atoms with Crippen molar-refractivity contribution in [3.05, 3.63) is 0 Å². The van der Waals surface area contributed by atoms with Crippen molar-refractivity contribution in [2.45, 2.75) is 27.2 Å². The van der Waals surface area contributed by atoms with Crippen molar-refractivity contribution in [2.24, 2.45) is 11.8 Å². The van der Waals surface area contributed by atoms with E-state index in [4.69, 9.17) is 12.2 Å². The molecule has 1 N–H and O–H groups in total. The van der Waals surface area contributed by atoms with Gasteiger partial charge in [-0.3, -0.25) is 0 Å². The number of hydrogen-bond acceptors (Lipinski definition) is 1. The molecule has 0 saturated heterocycles. The summed E-state index contributed by atoms with van der Waals surface area (Å²) in [5.41, 5.74) is 0. The quantitative estimate of drug-likeness (QED) is 0.634. The van der Waals surface area contributed by atoms with Gasteiger partial charge in [-0.1, -0.05) is 33.0 Å². The number of thiocarbonyl (C=S) groups is 1. The van der Waals surface area contributed by atoms with Crippen LogP contribution in [0.5, 0.6) is 0 Å². The molecule has 0 amide bonds. The van der Waals surface area contributed by atoms with Gasteiger partial charge in [-0.2, -0.15) is 0 Å². The fourth-order valence-corrected chi connectivity index (χ4v) is 1.16. The Balaban J connectivity index is 3.61. The van der Waals surface area contributed by atoms with Crippen molar-refractivity contribution < 1.29 is 0 Å². The van der Waals surface area contributed by atoms with Gasteiger partial charge in [-0.15, -0.1) is 0 Å². The highest BCUT2D eigenvalue weighted by molar-refractivity contribution is 7.80. The Morgan fingerprint density at radius 1 is 1.40 bits per heavy atom. The molecule has 1 nitrogen and oxygen atoms in total. The number of hydrogen-bond donors (Lipinski definition) is 1. The molecule has 0 fully saturated rings. The summed E-state index contributed by atoms with van der Waals surface area (Å²) in [6.45, 7) is 6.60. The smallest absolute Gasteiger partial charge is 0.0779 e. The summed E-state index contributed by atoms with van der Waals surface area (Å²) >= 11 is 5.09. The molecular weight excluding hydrogens is 142 g/mol. The minimum atomic E-state index is 0.528. The van der Waals surface area contributed by atoms with Crippen LogP contribution >= 0.6 is 12.2 Å². The zero-order valence-corrected chi connectivity index (χ0v) is 8.09. The maximum atomic E-state index is 5.09. The molecule has 0 aromatic heterocycles. The first kappa shape index (κ1) is 9.89. The van der Waals surface area contributed by atoms with Gasteiger partial charge < -0.3 is 5.32 Å². The highest BCUT2D eigenvalue weighted by Gasteiger charge is 2.07. The number of nitrogens with one attached hydrogen (secondary N) is 1. The standard InChI is InChI=1S/C8H17NS/c1-6(2)5-7(3)8(10)9-4/h6-7H,5H2,1-4H3,(H,9,10). The predicted molar refractivity (Wildman–Crippen MR) is 50.3 cm³/mol. The molecule has 0 bridgehead atoms. The summed E-state index contributed by atoms with van der Waals surface area (Å²) in [6.07, 6.45) is 1.18. The largest absolute Gasteiger partial charge is 0.383 e. The second-order valence-electron chi connectivity index (χ2n) is 3.14. The maximum absolute atomic E-state index is 5.09. The van der Waals surface area contributed by atoms with E-state index in [0.29, 0.717) is 5.92 Å². The third-order valence-corrected chi connectivity index (χ3v) is 2.13. The first-order valence-electron chi connectivity index (χ1n) is 3.79. The van der Waals surface area contributed by atoms with Crippen LogP contribution in [0.1, 0.15) is 27.2 Å². The molecule has 1 unspecified atom stereocenters. The summed E-state index contributed by atoms with van der Waals surface area (Å²) in [6, 6.07) is 0. The Hall–Kier alpha value is -0.110. The van der Waals surface area contributed by atoms with Crippen molar-refractivity contribution in [1.29, 1.82) is 0 Å². The van der Waals surface area contributed by atoms with Gasteiger partial charge >= 0.3 is 0 Å². The van der Waals surface area contributed by atoms with Crippen LogP contribution < -0.4 is 5.32 Å². The summed E-state index contributed by atoms with van der Waals surface area (Å²) in [5.74, 6) is 1.27. The zero-order valence-electron chi connectivity index (χ0n) is 7.27. The molecule has 1 atom stereocenters. The van der Waals surface area contributed by atoms with Gasteiger partial charge in [0.1, 0.15) is 0 Å². The third kappa shape index (κ3) is 3.83. The summed E-state index contributed by atoms with van der Waals surface area (Å²) in [5, 5.41) is 3.00. The molecule has 0 heterocycles. The summed E-state index contributed by atoms with van der Waals surface area (Å²) in [4.78, 5) is 0.980. The second-order valence-corrected chi connectivity index (χ2v) is 3.58. The molecule has 0 aliphatic rings. The molecule has 0 saturated carbocycles. The summed E-state index contributed by atoms with van der Waals surface area (Å²) < 4.78 is 0. The van der Waals surface area contributed by atoms with Gasteiger partial charge in [0, 0.05) is 13.0 Å². The lowest BCUT2D eigenvalue weighted by molar-refractivity contribution is 0.519. The van der Waals surface area contributed by atoms with E-state index in [-0.39, 0.29) is 0 Å². The van der Waals surface area contributed by atoms with Crippen LogP contribution in [0.25, 0.3) is 0 Å². The van der Waals surface area contributed by atoms with E-state index in [1.807, 2.05) is 7.05 Å². The van der Waals surface area contributed by atoms with Crippen molar-refractivity contribution in [3.63, 3.8) is 0 Å². The molecule has 0 aromatic rings. The average molecular weight is 159 g/mol. The zero-order chi connectivity index (χ0) is 8.15. The van der Waals surface area contributed by atoms with Gasteiger partial charge in [0.25, 0.3) is 0 Å².